The van der Waals surface area contributed by atoms with Crippen LogP contribution in [-0.4, -0.2) is 40.5 Å². The molecule has 0 bridgehead atoms. The zero-order valence-electron chi connectivity index (χ0n) is 20.9. The highest BCUT2D eigenvalue weighted by atomic mass is 32.2. The Balaban J connectivity index is 1.76. The summed E-state index contributed by atoms with van der Waals surface area (Å²) in [6, 6.07) is 6.61. The molecule has 1 saturated carbocycles. The van der Waals surface area contributed by atoms with Crippen molar-refractivity contribution in [1.29, 1.82) is 0 Å². The lowest BCUT2D eigenvalue weighted by molar-refractivity contribution is -0.141. The molecule has 2 aliphatic rings. The molecular weight excluding hydrogens is 454 g/mol. The quantitative estimate of drug-likeness (QED) is 0.335. The molecule has 0 aromatic heterocycles. The zero-order chi connectivity index (χ0) is 24.6. The van der Waals surface area contributed by atoms with Crippen molar-refractivity contribution < 1.29 is 17.6 Å². The molecular formula is C24H39N3O4SSi. The number of carbonyl (C=O) groups is 1. The number of aryl methyl sites for hydroxylation is 1. The first-order valence-corrected chi connectivity index (χ1v) is 16.3. The summed E-state index contributed by atoms with van der Waals surface area (Å²) in [6.07, 6.45) is 3.39. The van der Waals surface area contributed by atoms with Crippen molar-refractivity contribution in [3.63, 3.8) is 0 Å². The maximum Gasteiger partial charge on any atom is 0.276 e. The molecule has 9 heteroatoms. The molecule has 184 valence electrons. The van der Waals surface area contributed by atoms with Gasteiger partial charge >= 0.3 is 0 Å². The third kappa shape index (κ3) is 5.69. The topological polar surface area (TPSA) is 96.9 Å². The maximum atomic E-state index is 12.7. The second-order valence-electron chi connectivity index (χ2n) is 11.0. The highest BCUT2D eigenvalue weighted by Crippen LogP contribution is 2.40. The molecule has 1 aliphatic heterocycles. The van der Waals surface area contributed by atoms with Gasteiger partial charge in [-0.2, -0.15) is 13.5 Å². The van der Waals surface area contributed by atoms with E-state index in [0.29, 0.717) is 0 Å². The van der Waals surface area contributed by atoms with Crippen molar-refractivity contribution >= 4 is 30.0 Å². The van der Waals surface area contributed by atoms with Gasteiger partial charge < -0.3 is 9.74 Å². The Morgan fingerprint density at radius 2 is 1.82 bits per heavy atom. The van der Waals surface area contributed by atoms with Crippen LogP contribution in [0.5, 0.6) is 0 Å². The normalized spacial score (nSPS) is 26.5. The minimum Gasteiger partial charge on any atom is -0.413 e. The molecule has 2 fully saturated rings. The first-order valence-electron chi connectivity index (χ1n) is 11.9. The van der Waals surface area contributed by atoms with Crippen LogP contribution in [0.3, 0.4) is 0 Å². The van der Waals surface area contributed by atoms with Gasteiger partial charge in [-0.25, -0.2) is 4.83 Å². The van der Waals surface area contributed by atoms with E-state index in [2.05, 4.69) is 49.1 Å². The van der Waals surface area contributed by atoms with E-state index in [1.165, 1.54) is 0 Å². The molecule has 7 nitrogen and oxygen atoms in total. The first kappa shape index (κ1) is 25.9. The molecule has 0 unspecified atom stereocenters. The SMILES string of the molecule is Cc1ccc(S(=O)(=O)N/N=C2\CCCC[C@H]2[C@H]2NC(=O)[C@@H]2[C@@H](C)O[Si](C)(C)C(C)(C)C)cc1. The number of β-lactam (4-membered cyclic amide) rings is 1. The van der Waals surface area contributed by atoms with Crippen molar-refractivity contribution in [3.8, 4) is 0 Å². The summed E-state index contributed by atoms with van der Waals surface area (Å²) in [6.45, 7) is 14.9. The Morgan fingerprint density at radius 1 is 1.18 bits per heavy atom. The van der Waals surface area contributed by atoms with E-state index >= 15 is 0 Å². The number of rotatable bonds is 7. The van der Waals surface area contributed by atoms with Gasteiger partial charge in [0.05, 0.1) is 23.0 Å². The standard InChI is InChI=1S/C24H39N3O4SSi/c1-16-12-14-18(15-13-16)32(29,30)27-26-20-11-9-8-10-19(20)22-21(23(28)25-22)17(2)31-33(6,7)24(3,4)5/h12-15,17,19,21-22,27H,8-11H2,1-7H3,(H,25,28)/b26-20+/t17-,19-,21-,22-/m1/s1. The largest absolute Gasteiger partial charge is 0.413 e. The fraction of sp³-hybridized carbons (Fsp3) is 0.667. The van der Waals surface area contributed by atoms with Gasteiger partial charge in [0.2, 0.25) is 5.91 Å². The predicted molar refractivity (Wildman–Crippen MR) is 134 cm³/mol. The zero-order valence-corrected chi connectivity index (χ0v) is 22.8. The van der Waals surface area contributed by atoms with Crippen LogP contribution in [0.4, 0.5) is 0 Å². The summed E-state index contributed by atoms with van der Waals surface area (Å²) >= 11 is 0. The second kappa shape index (κ2) is 9.50. The molecule has 4 atom stereocenters. The van der Waals surface area contributed by atoms with Gasteiger partial charge in [0.25, 0.3) is 10.0 Å². The number of carbonyl (C=O) groups excluding carboxylic acids is 1. The number of hydrogen-bond acceptors (Lipinski definition) is 5. The first-order chi connectivity index (χ1) is 15.2. The fourth-order valence-electron chi connectivity index (χ4n) is 4.42. The van der Waals surface area contributed by atoms with Gasteiger partial charge in [-0.3, -0.25) is 4.79 Å². The van der Waals surface area contributed by atoms with Crippen molar-refractivity contribution in [1.82, 2.24) is 10.1 Å². The highest BCUT2D eigenvalue weighted by Gasteiger charge is 2.51. The van der Waals surface area contributed by atoms with Crippen molar-refractivity contribution in [2.45, 2.75) is 95.5 Å². The van der Waals surface area contributed by atoms with Crippen LogP contribution in [0, 0.1) is 18.8 Å². The fourth-order valence-corrected chi connectivity index (χ4v) is 6.69. The van der Waals surface area contributed by atoms with E-state index in [1.54, 1.807) is 24.3 Å². The third-order valence-corrected chi connectivity index (χ3v) is 13.3. The molecule has 2 N–H and O–H groups in total. The summed E-state index contributed by atoms with van der Waals surface area (Å²) in [5.41, 5.74) is 1.81. The number of nitrogens with zero attached hydrogens (tertiary/aromatic N) is 1. The molecule has 1 aliphatic carbocycles. The Morgan fingerprint density at radius 3 is 2.39 bits per heavy atom. The summed E-state index contributed by atoms with van der Waals surface area (Å²) in [5, 5.41) is 7.50. The molecule has 1 aromatic carbocycles. The van der Waals surface area contributed by atoms with Crippen molar-refractivity contribution in [2.75, 3.05) is 0 Å². The number of amides is 1. The number of hydrazone groups is 1. The lowest BCUT2D eigenvalue weighted by Crippen LogP contribution is -2.67. The predicted octanol–water partition coefficient (Wildman–Crippen LogP) is 4.34. The number of nitrogens with one attached hydrogen (secondary N) is 2. The van der Waals surface area contributed by atoms with Gasteiger partial charge in [-0.15, -0.1) is 0 Å². The van der Waals surface area contributed by atoms with E-state index < -0.39 is 18.3 Å². The molecule has 1 aromatic rings. The number of sulfonamides is 1. The average Bonchev–Trinajstić information content (AvgIpc) is 2.69. The van der Waals surface area contributed by atoms with Gasteiger partial charge in [-0.05, 0) is 63.4 Å². The van der Waals surface area contributed by atoms with Gasteiger partial charge in [0, 0.05) is 11.6 Å². The molecule has 3 rings (SSSR count). The van der Waals surface area contributed by atoms with Crippen LogP contribution in [0.15, 0.2) is 34.3 Å². The van der Waals surface area contributed by atoms with E-state index in [0.717, 1.165) is 37.0 Å². The average molecular weight is 494 g/mol. The summed E-state index contributed by atoms with van der Waals surface area (Å²) in [7, 11) is -5.76. The lowest BCUT2D eigenvalue weighted by Gasteiger charge is -2.48. The second-order valence-corrected chi connectivity index (χ2v) is 17.4. The number of benzene rings is 1. The highest BCUT2D eigenvalue weighted by molar-refractivity contribution is 7.89. The lowest BCUT2D eigenvalue weighted by atomic mass is 9.71. The van der Waals surface area contributed by atoms with Crippen LogP contribution in [0.25, 0.3) is 0 Å². The summed E-state index contributed by atoms with van der Waals surface area (Å²) < 4.78 is 32.0. The van der Waals surface area contributed by atoms with E-state index in [-0.39, 0.29) is 39.8 Å². The van der Waals surface area contributed by atoms with Crippen LogP contribution < -0.4 is 10.1 Å². The minimum absolute atomic E-state index is 0.00707. The minimum atomic E-state index is -3.74. The van der Waals surface area contributed by atoms with Crippen molar-refractivity contribution in [3.05, 3.63) is 29.8 Å². The van der Waals surface area contributed by atoms with E-state index in [4.69, 9.17) is 4.43 Å². The summed E-state index contributed by atoms with van der Waals surface area (Å²) in [5.74, 6) is -0.231. The van der Waals surface area contributed by atoms with Crippen LogP contribution in [0.1, 0.15) is 58.9 Å². The number of hydrogen-bond donors (Lipinski definition) is 2. The molecule has 1 saturated heterocycles. The molecule has 0 radical (unpaired) electrons. The Bertz CT molecular complexity index is 1000. The summed E-state index contributed by atoms with van der Waals surface area (Å²) in [4.78, 5) is 15.2. The Kier molecular flexibility index (Phi) is 7.46. The van der Waals surface area contributed by atoms with Gasteiger partial charge in [0.1, 0.15) is 0 Å². The Hall–Kier alpha value is -1.71. The molecule has 0 spiro atoms. The van der Waals surface area contributed by atoms with Crippen molar-refractivity contribution in [2.24, 2.45) is 16.9 Å². The van der Waals surface area contributed by atoms with E-state index in [9.17, 15) is 13.2 Å². The monoisotopic (exact) mass is 493 g/mol. The maximum absolute atomic E-state index is 12.7. The molecule has 33 heavy (non-hydrogen) atoms. The third-order valence-electron chi connectivity index (χ3n) is 7.49. The van der Waals surface area contributed by atoms with E-state index in [1.807, 2.05) is 13.8 Å². The van der Waals surface area contributed by atoms with Crippen LogP contribution >= 0.6 is 0 Å². The Labute approximate surface area is 199 Å². The molecule has 1 heterocycles. The van der Waals surface area contributed by atoms with Crippen LogP contribution in [-0.2, 0) is 19.2 Å². The van der Waals surface area contributed by atoms with Gasteiger partial charge in [-0.1, -0.05) is 44.9 Å². The van der Waals surface area contributed by atoms with Crippen LogP contribution in [0.2, 0.25) is 18.1 Å². The molecule has 1 amide bonds. The van der Waals surface area contributed by atoms with Gasteiger partial charge in [0.15, 0.2) is 8.32 Å². The smallest absolute Gasteiger partial charge is 0.276 e.